The van der Waals surface area contributed by atoms with Gasteiger partial charge in [-0.25, -0.2) is 4.98 Å². The largest absolute Gasteiger partial charge is 0.496 e. The van der Waals surface area contributed by atoms with E-state index in [4.69, 9.17) is 35.2 Å². The average Bonchev–Trinajstić information content (AvgIpc) is 3.47. The molecule has 6 aromatic rings. The first-order valence-corrected chi connectivity index (χ1v) is 14.9. The molecular weight excluding hydrogens is 702 g/mol. The van der Waals surface area contributed by atoms with E-state index >= 15 is 0 Å². The number of fused-ring (bicyclic) bond motifs is 2. The van der Waals surface area contributed by atoms with Crippen LogP contribution in [0.15, 0.2) is 102 Å². The van der Waals surface area contributed by atoms with Crippen molar-refractivity contribution in [3.63, 3.8) is 0 Å². The van der Waals surface area contributed by atoms with Gasteiger partial charge >= 0.3 is 0 Å². The molecule has 0 aliphatic rings. The molecule has 0 saturated heterocycles. The molecule has 0 bridgehead atoms. The van der Waals surface area contributed by atoms with Crippen LogP contribution in [-0.4, -0.2) is 30.1 Å². The smallest absolute Gasteiger partial charge is 0.282 e. The third kappa shape index (κ3) is 5.53. The molecule has 0 saturated carbocycles. The molecule has 11 heteroatoms. The number of rotatable bonds is 8. The van der Waals surface area contributed by atoms with E-state index in [1.54, 1.807) is 50.8 Å². The van der Waals surface area contributed by atoms with E-state index in [1.807, 2.05) is 48.5 Å². The van der Waals surface area contributed by atoms with Crippen LogP contribution < -0.4 is 19.8 Å². The van der Waals surface area contributed by atoms with Crippen LogP contribution in [0.1, 0.15) is 11.1 Å². The standard InChI is InChI=1S/C32H22Br2ClN3O5/c1-40-24-12-7-13-25-21(24)15-27(43-25)31-37-23-11-6-4-9-20(23)32(39)38(31)36-16-19-14-26(41-2)30(29(34)28(19)33)42-17-18-8-3-5-10-22(18)35/h3-16H,17H2,1-2H3. The molecule has 4 aromatic carbocycles. The predicted octanol–water partition coefficient (Wildman–Crippen LogP) is 8.47. The molecule has 0 aliphatic carbocycles. The van der Waals surface area contributed by atoms with Crippen molar-refractivity contribution in [2.24, 2.45) is 5.10 Å². The van der Waals surface area contributed by atoms with Crippen molar-refractivity contribution in [1.29, 1.82) is 0 Å². The zero-order chi connectivity index (χ0) is 30.1. The number of halogens is 3. The van der Waals surface area contributed by atoms with Crippen molar-refractivity contribution >= 4 is 71.5 Å². The zero-order valence-electron chi connectivity index (χ0n) is 22.8. The summed E-state index contributed by atoms with van der Waals surface area (Å²) in [5, 5.41) is 6.36. The Morgan fingerprint density at radius 1 is 0.930 bits per heavy atom. The summed E-state index contributed by atoms with van der Waals surface area (Å²) in [5.74, 6) is 2.18. The summed E-state index contributed by atoms with van der Waals surface area (Å²) in [7, 11) is 3.14. The van der Waals surface area contributed by atoms with Gasteiger partial charge in [0.1, 0.15) is 17.9 Å². The molecule has 43 heavy (non-hydrogen) atoms. The molecule has 0 aliphatic heterocycles. The lowest BCUT2D eigenvalue weighted by molar-refractivity contribution is 0.282. The minimum Gasteiger partial charge on any atom is -0.496 e. The number of methoxy groups -OCH3 is 2. The third-order valence-corrected chi connectivity index (χ3v) is 9.25. The number of furan rings is 1. The fraction of sp³-hybridized carbons (Fsp3) is 0.0938. The summed E-state index contributed by atoms with van der Waals surface area (Å²) < 4.78 is 25.8. The Hall–Kier alpha value is -4.12. The Kier molecular flexibility index (Phi) is 8.25. The maximum Gasteiger partial charge on any atom is 0.282 e. The van der Waals surface area contributed by atoms with E-state index in [2.05, 4.69) is 37.0 Å². The molecule has 0 spiro atoms. The van der Waals surface area contributed by atoms with Gasteiger partial charge in [-0.05, 0) is 74.3 Å². The second kappa shape index (κ2) is 12.2. The van der Waals surface area contributed by atoms with E-state index in [0.717, 1.165) is 10.9 Å². The minimum atomic E-state index is -0.355. The average molecular weight is 724 g/mol. The Morgan fingerprint density at radius 2 is 1.70 bits per heavy atom. The van der Waals surface area contributed by atoms with Crippen LogP contribution in [0.25, 0.3) is 33.5 Å². The monoisotopic (exact) mass is 721 g/mol. The van der Waals surface area contributed by atoms with Crippen LogP contribution in [0.4, 0.5) is 0 Å². The summed E-state index contributed by atoms with van der Waals surface area (Å²) >= 11 is 13.6. The van der Waals surface area contributed by atoms with Gasteiger partial charge in [0.25, 0.3) is 5.56 Å². The van der Waals surface area contributed by atoms with Crippen LogP contribution >= 0.6 is 43.5 Å². The molecule has 0 N–H and O–H groups in total. The Balaban J connectivity index is 1.44. The lowest BCUT2D eigenvalue weighted by Crippen LogP contribution is -2.20. The van der Waals surface area contributed by atoms with Gasteiger partial charge in [0, 0.05) is 20.6 Å². The van der Waals surface area contributed by atoms with E-state index in [9.17, 15) is 4.79 Å². The number of hydrogen-bond donors (Lipinski definition) is 0. The maximum absolute atomic E-state index is 13.7. The minimum absolute atomic E-state index is 0.234. The van der Waals surface area contributed by atoms with Crippen LogP contribution in [0, 0.1) is 0 Å². The van der Waals surface area contributed by atoms with Gasteiger partial charge in [-0.1, -0.05) is 48.0 Å². The van der Waals surface area contributed by atoms with Crippen molar-refractivity contribution in [1.82, 2.24) is 9.66 Å². The Morgan fingerprint density at radius 3 is 2.49 bits per heavy atom. The van der Waals surface area contributed by atoms with Gasteiger partial charge in [0.2, 0.25) is 5.82 Å². The summed E-state index contributed by atoms with van der Waals surface area (Å²) in [6.07, 6.45) is 1.54. The molecule has 8 nitrogen and oxygen atoms in total. The highest BCUT2D eigenvalue weighted by atomic mass is 79.9. The van der Waals surface area contributed by atoms with E-state index in [-0.39, 0.29) is 18.0 Å². The van der Waals surface area contributed by atoms with Gasteiger partial charge in [0.15, 0.2) is 17.3 Å². The van der Waals surface area contributed by atoms with Crippen molar-refractivity contribution in [2.75, 3.05) is 14.2 Å². The van der Waals surface area contributed by atoms with Gasteiger partial charge in [-0.2, -0.15) is 9.78 Å². The van der Waals surface area contributed by atoms with Crippen molar-refractivity contribution in [3.05, 3.63) is 114 Å². The molecule has 6 rings (SSSR count). The first-order valence-electron chi connectivity index (χ1n) is 12.9. The fourth-order valence-electron chi connectivity index (χ4n) is 4.58. The lowest BCUT2D eigenvalue weighted by Gasteiger charge is -2.16. The highest BCUT2D eigenvalue weighted by molar-refractivity contribution is 9.13. The van der Waals surface area contributed by atoms with Gasteiger partial charge in [0.05, 0.1) is 41.2 Å². The molecule has 2 heterocycles. The second-order valence-corrected chi connectivity index (χ2v) is 11.3. The van der Waals surface area contributed by atoms with Crippen molar-refractivity contribution < 1.29 is 18.6 Å². The van der Waals surface area contributed by atoms with Gasteiger partial charge < -0.3 is 18.6 Å². The number of para-hydroxylation sites is 1. The number of hydrogen-bond acceptors (Lipinski definition) is 7. The van der Waals surface area contributed by atoms with Crippen LogP contribution in [0.3, 0.4) is 0 Å². The maximum atomic E-state index is 13.7. The molecular formula is C32H22Br2ClN3O5. The second-order valence-electron chi connectivity index (χ2n) is 9.30. The van der Waals surface area contributed by atoms with Crippen LogP contribution in [0.5, 0.6) is 17.2 Å². The summed E-state index contributed by atoms with van der Waals surface area (Å²) in [5.41, 5.74) is 2.21. The molecule has 0 radical (unpaired) electrons. The third-order valence-electron chi connectivity index (χ3n) is 6.73. The van der Waals surface area contributed by atoms with Crippen molar-refractivity contribution in [2.45, 2.75) is 6.61 Å². The summed E-state index contributed by atoms with van der Waals surface area (Å²) in [6, 6.07) is 23.6. The number of ether oxygens (including phenoxy) is 3. The van der Waals surface area contributed by atoms with Crippen LogP contribution in [0.2, 0.25) is 5.02 Å². The fourth-order valence-corrected chi connectivity index (χ4v) is 5.71. The molecule has 0 amide bonds. The normalized spacial score (nSPS) is 11.5. The van der Waals surface area contributed by atoms with E-state index < -0.39 is 0 Å². The SMILES string of the molecule is COc1cc(C=Nn2c(-c3cc4c(OC)cccc4o3)nc3ccccc3c2=O)c(Br)c(Br)c1OCc1ccccc1Cl. The molecule has 0 atom stereocenters. The number of aromatic nitrogens is 2. The summed E-state index contributed by atoms with van der Waals surface area (Å²) in [4.78, 5) is 18.5. The number of nitrogens with zero attached hydrogens (tertiary/aromatic N) is 3. The predicted molar refractivity (Wildman–Crippen MR) is 175 cm³/mol. The van der Waals surface area contributed by atoms with Gasteiger partial charge in [-0.3, -0.25) is 4.79 Å². The van der Waals surface area contributed by atoms with E-state index in [0.29, 0.717) is 59.0 Å². The molecule has 0 fully saturated rings. The first-order chi connectivity index (χ1) is 20.9. The van der Waals surface area contributed by atoms with Crippen molar-refractivity contribution in [3.8, 4) is 28.8 Å². The molecule has 0 unspecified atom stereocenters. The molecule has 216 valence electrons. The Bertz CT molecular complexity index is 2090. The summed E-state index contributed by atoms with van der Waals surface area (Å²) in [6.45, 7) is 0.234. The Labute approximate surface area is 267 Å². The van der Waals surface area contributed by atoms with Gasteiger partial charge in [-0.15, -0.1) is 0 Å². The lowest BCUT2D eigenvalue weighted by atomic mass is 10.2. The molecule has 2 aromatic heterocycles. The quantitative estimate of drug-likeness (QED) is 0.147. The topological polar surface area (TPSA) is 88.1 Å². The zero-order valence-corrected chi connectivity index (χ0v) is 26.7. The number of benzene rings is 4. The first kappa shape index (κ1) is 29.0. The van der Waals surface area contributed by atoms with E-state index in [1.165, 1.54) is 4.68 Å². The highest BCUT2D eigenvalue weighted by Gasteiger charge is 2.20. The van der Waals surface area contributed by atoms with Crippen LogP contribution in [-0.2, 0) is 6.61 Å². The highest BCUT2D eigenvalue weighted by Crippen LogP contribution is 2.43.